The average Bonchev–Trinajstić information content (AvgIpc) is 3.70. The van der Waals surface area contributed by atoms with Gasteiger partial charge in [0.25, 0.3) is 0 Å². The Morgan fingerprint density at radius 1 is 1.09 bits per heavy atom. The van der Waals surface area contributed by atoms with Crippen molar-refractivity contribution in [1.82, 2.24) is 10.2 Å². The van der Waals surface area contributed by atoms with Crippen LogP contribution in [0, 0.1) is 0 Å². The highest BCUT2D eigenvalue weighted by Gasteiger charge is 2.51. The van der Waals surface area contributed by atoms with E-state index in [2.05, 4.69) is 12.2 Å². The highest BCUT2D eigenvalue weighted by Crippen LogP contribution is 2.51. The van der Waals surface area contributed by atoms with Crippen molar-refractivity contribution >= 4 is 18.1 Å². The molecule has 2 amide bonds. The van der Waals surface area contributed by atoms with E-state index in [0.717, 1.165) is 31.2 Å². The van der Waals surface area contributed by atoms with Crippen molar-refractivity contribution in [1.29, 1.82) is 0 Å². The van der Waals surface area contributed by atoms with Crippen LogP contribution in [0.2, 0.25) is 0 Å². The maximum atomic E-state index is 13.8. The average molecular weight is 611 g/mol. The van der Waals surface area contributed by atoms with E-state index in [1.165, 1.54) is 45.5 Å². The van der Waals surface area contributed by atoms with Gasteiger partial charge in [-0.25, -0.2) is 0 Å². The van der Waals surface area contributed by atoms with Crippen LogP contribution in [0.25, 0.3) is 0 Å². The predicted octanol–water partition coefficient (Wildman–Crippen LogP) is 4.67. The molecule has 2 aromatic rings. The van der Waals surface area contributed by atoms with Gasteiger partial charge in [0, 0.05) is 41.8 Å². The number of aliphatic hydroxyl groups excluding tert-OH is 2. The number of rotatable bonds is 18. The van der Waals surface area contributed by atoms with Crippen molar-refractivity contribution in [3.05, 3.63) is 59.1 Å². The predicted molar refractivity (Wildman–Crippen MR) is 165 cm³/mol. The minimum Gasteiger partial charge on any atom is -0.493 e. The van der Waals surface area contributed by atoms with Gasteiger partial charge in [-0.2, -0.15) is 0 Å². The molecule has 1 aliphatic heterocycles. The zero-order valence-electron chi connectivity index (χ0n) is 25.8. The second-order valence-corrected chi connectivity index (χ2v) is 11.6. The van der Waals surface area contributed by atoms with Gasteiger partial charge >= 0.3 is 0 Å². The standard InChI is InChI=1S/C34H46N2O8/c1-3-4-5-6-7-8-9-10-11-12-29(39)36(20-23-13-16-43-22-23)27-19-26(34(41)35-14-15-37)30-25-17-24(21-38)18-28(42-2)32(25)44-33(30)31(27)40/h13,16-19,21-22,27,30-31,33,37,40H,3-12,14-15,20H2,1-2H3,(H,35,41)/t27-,30+,31+,33+/m1/s1. The van der Waals surface area contributed by atoms with E-state index in [4.69, 9.17) is 13.9 Å². The molecule has 0 saturated carbocycles. The number of benzene rings is 1. The monoisotopic (exact) mass is 610 g/mol. The van der Waals surface area contributed by atoms with Gasteiger partial charge in [-0.1, -0.05) is 58.3 Å². The highest BCUT2D eigenvalue weighted by atomic mass is 16.5. The van der Waals surface area contributed by atoms with Gasteiger partial charge in [0.15, 0.2) is 11.5 Å². The first-order valence-corrected chi connectivity index (χ1v) is 15.9. The molecule has 0 spiro atoms. The topological polar surface area (TPSA) is 139 Å². The van der Waals surface area contributed by atoms with Gasteiger partial charge in [0.2, 0.25) is 11.8 Å². The first kappa shape index (κ1) is 33.3. The van der Waals surface area contributed by atoms with Crippen LogP contribution in [0.5, 0.6) is 11.5 Å². The molecule has 44 heavy (non-hydrogen) atoms. The van der Waals surface area contributed by atoms with Crippen molar-refractivity contribution in [3.8, 4) is 11.5 Å². The number of unbranched alkanes of at least 4 members (excludes halogenated alkanes) is 8. The second-order valence-electron chi connectivity index (χ2n) is 11.6. The minimum atomic E-state index is -1.19. The Morgan fingerprint density at radius 3 is 2.45 bits per heavy atom. The van der Waals surface area contributed by atoms with E-state index in [9.17, 15) is 24.6 Å². The summed E-state index contributed by atoms with van der Waals surface area (Å²) < 4.78 is 17.0. The van der Waals surface area contributed by atoms with Crippen molar-refractivity contribution < 1.29 is 38.5 Å². The molecule has 4 atom stereocenters. The summed E-state index contributed by atoms with van der Waals surface area (Å²) in [7, 11) is 1.46. The zero-order chi connectivity index (χ0) is 31.5. The van der Waals surface area contributed by atoms with Crippen LogP contribution in [0.15, 0.2) is 46.8 Å². The highest BCUT2D eigenvalue weighted by molar-refractivity contribution is 5.96. The van der Waals surface area contributed by atoms with E-state index >= 15 is 0 Å². The molecule has 2 aliphatic rings. The SMILES string of the molecule is CCCCCCCCCCCC(=O)N(Cc1ccoc1)[C@@H]1C=C(C(=O)NCCO)[C@@H]2c3cc(C=O)cc(OC)c3O[C@@H]2[C@H]1O. The first-order chi connectivity index (χ1) is 21.4. The van der Waals surface area contributed by atoms with E-state index in [-0.39, 0.29) is 31.2 Å². The smallest absolute Gasteiger partial charge is 0.247 e. The lowest BCUT2D eigenvalue weighted by Crippen LogP contribution is -2.55. The molecule has 0 bridgehead atoms. The van der Waals surface area contributed by atoms with Crippen LogP contribution in [-0.4, -0.2) is 71.7 Å². The molecule has 240 valence electrons. The van der Waals surface area contributed by atoms with Crippen LogP contribution in [0.3, 0.4) is 0 Å². The number of carbonyl (C=O) groups excluding carboxylic acids is 3. The molecule has 1 aromatic carbocycles. The summed E-state index contributed by atoms with van der Waals surface area (Å²) in [5.41, 5.74) is 1.93. The van der Waals surface area contributed by atoms with Gasteiger partial charge in [-0.3, -0.25) is 14.4 Å². The first-order valence-electron chi connectivity index (χ1n) is 15.9. The van der Waals surface area contributed by atoms with Crippen molar-refractivity contribution in [2.75, 3.05) is 20.3 Å². The Morgan fingerprint density at radius 2 is 1.82 bits per heavy atom. The van der Waals surface area contributed by atoms with Crippen molar-refractivity contribution in [3.63, 3.8) is 0 Å². The van der Waals surface area contributed by atoms with Gasteiger partial charge in [-0.05, 0) is 30.7 Å². The lowest BCUT2D eigenvalue weighted by Gasteiger charge is -2.40. The third kappa shape index (κ3) is 7.90. The molecular formula is C34H46N2O8. The number of ether oxygens (including phenoxy) is 2. The summed E-state index contributed by atoms with van der Waals surface area (Å²) in [5, 5.41) is 23.9. The number of nitrogens with zero attached hydrogens (tertiary/aromatic N) is 1. The lowest BCUT2D eigenvalue weighted by atomic mass is 9.77. The van der Waals surface area contributed by atoms with Gasteiger partial charge in [0.05, 0.1) is 38.2 Å². The van der Waals surface area contributed by atoms with E-state index in [1.54, 1.807) is 35.4 Å². The number of methoxy groups -OCH3 is 1. The Bertz CT molecular complexity index is 1270. The lowest BCUT2D eigenvalue weighted by molar-refractivity contribution is -0.138. The van der Waals surface area contributed by atoms with E-state index in [1.807, 2.05) is 0 Å². The number of hydrogen-bond donors (Lipinski definition) is 3. The van der Waals surface area contributed by atoms with Crippen LogP contribution in [0.1, 0.15) is 98.5 Å². The second kappa shape index (κ2) is 16.4. The van der Waals surface area contributed by atoms with E-state index in [0.29, 0.717) is 35.3 Å². The Hall–Kier alpha value is -3.63. The summed E-state index contributed by atoms with van der Waals surface area (Å²) in [6.45, 7) is 2.17. The zero-order valence-corrected chi connectivity index (χ0v) is 25.8. The quantitative estimate of drug-likeness (QED) is 0.164. The molecule has 4 rings (SSSR count). The number of carbonyl (C=O) groups is 3. The molecule has 10 heteroatoms. The fourth-order valence-electron chi connectivity index (χ4n) is 6.23. The maximum absolute atomic E-state index is 13.8. The molecule has 1 aromatic heterocycles. The minimum absolute atomic E-state index is 0.0302. The van der Waals surface area contributed by atoms with Crippen LogP contribution < -0.4 is 14.8 Å². The Kier molecular flexibility index (Phi) is 12.4. The van der Waals surface area contributed by atoms with E-state index < -0.39 is 30.1 Å². The fourth-order valence-corrected chi connectivity index (χ4v) is 6.23. The van der Waals surface area contributed by atoms with Crippen LogP contribution >= 0.6 is 0 Å². The number of amides is 2. The van der Waals surface area contributed by atoms with Crippen molar-refractivity contribution in [2.45, 2.75) is 102 Å². The number of fused-ring (bicyclic) bond motifs is 3. The normalized spacial score (nSPS) is 20.2. The summed E-state index contributed by atoms with van der Waals surface area (Å²) in [6.07, 6.45) is 13.8. The molecule has 0 unspecified atom stereocenters. The summed E-state index contributed by atoms with van der Waals surface area (Å²) >= 11 is 0. The van der Waals surface area contributed by atoms with Crippen molar-refractivity contribution in [2.24, 2.45) is 0 Å². The molecule has 0 saturated heterocycles. The number of nitrogens with one attached hydrogen (secondary N) is 1. The number of furan rings is 1. The Balaban J connectivity index is 1.59. The molecule has 1 aliphatic carbocycles. The fraction of sp³-hybridized carbons (Fsp3) is 0.559. The number of hydrogen-bond acceptors (Lipinski definition) is 8. The third-order valence-electron chi connectivity index (χ3n) is 8.52. The van der Waals surface area contributed by atoms with Gasteiger partial charge in [-0.15, -0.1) is 0 Å². The van der Waals surface area contributed by atoms with Crippen LogP contribution in [-0.2, 0) is 16.1 Å². The largest absolute Gasteiger partial charge is 0.493 e. The summed E-state index contributed by atoms with van der Waals surface area (Å²) in [5.74, 6) is -0.649. The summed E-state index contributed by atoms with van der Waals surface area (Å²) in [4.78, 5) is 40.6. The Labute approximate surface area is 259 Å². The third-order valence-corrected chi connectivity index (χ3v) is 8.52. The molecule has 2 heterocycles. The maximum Gasteiger partial charge on any atom is 0.247 e. The molecule has 3 N–H and O–H groups in total. The van der Waals surface area contributed by atoms with Gasteiger partial charge < -0.3 is 34.3 Å². The van der Waals surface area contributed by atoms with Gasteiger partial charge in [0.1, 0.15) is 18.5 Å². The molecular weight excluding hydrogens is 564 g/mol. The molecule has 0 fully saturated rings. The molecule has 10 nitrogen and oxygen atoms in total. The number of aldehydes is 1. The summed E-state index contributed by atoms with van der Waals surface area (Å²) in [6, 6.07) is 4.07. The van der Waals surface area contributed by atoms with Crippen LogP contribution in [0.4, 0.5) is 0 Å². The number of aliphatic hydroxyl groups is 2. The molecule has 0 radical (unpaired) electrons.